The van der Waals surface area contributed by atoms with Crippen molar-refractivity contribution in [3.05, 3.63) is 72.2 Å². The van der Waals surface area contributed by atoms with Gasteiger partial charge in [0.25, 0.3) is 5.91 Å². The summed E-state index contributed by atoms with van der Waals surface area (Å²) in [6.07, 6.45) is -1.03. The van der Waals surface area contributed by atoms with E-state index >= 15 is 0 Å². The maximum atomic E-state index is 12.3. The molecular formula is C22H19NO7. The first-order valence-electron chi connectivity index (χ1n) is 9.26. The van der Waals surface area contributed by atoms with Crippen LogP contribution in [0.2, 0.25) is 0 Å². The lowest BCUT2D eigenvalue weighted by molar-refractivity contribution is -0.123. The van der Waals surface area contributed by atoms with E-state index in [-0.39, 0.29) is 19.2 Å². The summed E-state index contributed by atoms with van der Waals surface area (Å²) in [5.41, 5.74) is 0.505. The molecule has 3 aromatic rings. The monoisotopic (exact) mass is 409 g/mol. The lowest BCUT2D eigenvalue weighted by atomic mass is 10.2. The first-order chi connectivity index (χ1) is 14.6. The van der Waals surface area contributed by atoms with Crippen molar-refractivity contribution < 1.29 is 33.0 Å². The number of rotatable bonds is 7. The van der Waals surface area contributed by atoms with Gasteiger partial charge in [-0.1, -0.05) is 18.2 Å². The summed E-state index contributed by atoms with van der Waals surface area (Å²) in [5, 5.41) is 2.67. The average Bonchev–Trinajstić information content (AvgIpc) is 3.42. The molecule has 0 unspecified atom stereocenters. The number of hydrogen-bond donors (Lipinski definition) is 1. The van der Waals surface area contributed by atoms with Gasteiger partial charge in [-0.3, -0.25) is 4.79 Å². The van der Waals surface area contributed by atoms with Crippen molar-refractivity contribution >= 4 is 17.6 Å². The highest BCUT2D eigenvalue weighted by molar-refractivity contribution is 5.96. The van der Waals surface area contributed by atoms with Crippen LogP contribution in [0.4, 0.5) is 5.69 Å². The topological polar surface area (TPSA) is 96.2 Å². The molecule has 1 aromatic heterocycles. The number of hydrogen-bond acceptors (Lipinski definition) is 7. The van der Waals surface area contributed by atoms with Crippen molar-refractivity contribution in [3.8, 4) is 17.2 Å². The Morgan fingerprint density at radius 2 is 1.83 bits per heavy atom. The summed E-state index contributed by atoms with van der Waals surface area (Å²) in [6.45, 7) is 1.78. The Bertz CT molecular complexity index is 1040. The van der Waals surface area contributed by atoms with E-state index in [1.807, 2.05) is 30.3 Å². The molecule has 8 nitrogen and oxygen atoms in total. The van der Waals surface area contributed by atoms with Gasteiger partial charge in [-0.25, -0.2) is 4.79 Å². The van der Waals surface area contributed by atoms with Gasteiger partial charge in [0.15, 0.2) is 17.6 Å². The van der Waals surface area contributed by atoms with Crippen LogP contribution in [-0.4, -0.2) is 24.8 Å². The maximum absolute atomic E-state index is 12.3. The minimum atomic E-state index is -1.03. The summed E-state index contributed by atoms with van der Waals surface area (Å²) in [7, 11) is 0. The van der Waals surface area contributed by atoms with Gasteiger partial charge >= 0.3 is 5.97 Å². The van der Waals surface area contributed by atoms with Gasteiger partial charge in [0.2, 0.25) is 12.6 Å². The van der Waals surface area contributed by atoms with E-state index in [9.17, 15) is 9.59 Å². The molecule has 0 saturated carbocycles. The van der Waals surface area contributed by atoms with Crippen LogP contribution in [0.3, 0.4) is 0 Å². The highest BCUT2D eigenvalue weighted by Gasteiger charge is 2.22. The molecule has 0 saturated heterocycles. The van der Waals surface area contributed by atoms with Crippen molar-refractivity contribution in [1.29, 1.82) is 0 Å². The van der Waals surface area contributed by atoms with E-state index in [0.717, 1.165) is 0 Å². The van der Waals surface area contributed by atoms with E-state index in [1.54, 1.807) is 24.3 Å². The number of para-hydroxylation sites is 1. The second-order valence-corrected chi connectivity index (χ2v) is 6.47. The molecule has 2 heterocycles. The number of amides is 1. The molecule has 0 bridgehead atoms. The zero-order valence-electron chi connectivity index (χ0n) is 16.1. The Labute approximate surface area is 172 Å². The van der Waals surface area contributed by atoms with Crippen LogP contribution >= 0.6 is 0 Å². The quantitative estimate of drug-likeness (QED) is 0.593. The summed E-state index contributed by atoms with van der Waals surface area (Å²) in [6, 6.07) is 17.3. The van der Waals surface area contributed by atoms with Crippen molar-refractivity contribution in [2.45, 2.75) is 19.6 Å². The van der Waals surface area contributed by atoms with Gasteiger partial charge in [0, 0.05) is 11.8 Å². The van der Waals surface area contributed by atoms with Gasteiger partial charge in [0.05, 0.1) is 0 Å². The van der Waals surface area contributed by atoms with Gasteiger partial charge in [-0.2, -0.15) is 0 Å². The molecule has 2 aromatic carbocycles. The number of carbonyl (C=O) groups excluding carboxylic acids is 2. The fourth-order valence-corrected chi connectivity index (χ4v) is 2.73. The minimum Gasteiger partial charge on any atom is -0.486 e. The SMILES string of the molecule is C[C@@H](OC(=O)c1ccc(COc2ccccc2)o1)C(=O)Nc1ccc2c(c1)OCO2. The molecule has 4 rings (SSSR count). The smallest absolute Gasteiger partial charge is 0.375 e. The summed E-state index contributed by atoms with van der Waals surface area (Å²) >= 11 is 0. The number of nitrogens with one attached hydrogen (secondary N) is 1. The zero-order chi connectivity index (χ0) is 20.9. The van der Waals surface area contributed by atoms with Crippen molar-refractivity contribution in [3.63, 3.8) is 0 Å². The van der Waals surface area contributed by atoms with E-state index in [4.69, 9.17) is 23.4 Å². The Morgan fingerprint density at radius 1 is 1.03 bits per heavy atom. The average molecular weight is 409 g/mol. The maximum Gasteiger partial charge on any atom is 0.375 e. The van der Waals surface area contributed by atoms with E-state index in [1.165, 1.54) is 13.0 Å². The van der Waals surface area contributed by atoms with Crippen LogP contribution in [0.15, 0.2) is 65.1 Å². The first kappa shape index (κ1) is 19.4. The van der Waals surface area contributed by atoms with Gasteiger partial charge < -0.3 is 28.7 Å². The molecule has 0 fully saturated rings. The number of ether oxygens (including phenoxy) is 4. The van der Waals surface area contributed by atoms with Crippen LogP contribution in [-0.2, 0) is 16.1 Å². The molecule has 1 amide bonds. The third kappa shape index (κ3) is 4.54. The highest BCUT2D eigenvalue weighted by Crippen LogP contribution is 2.34. The predicted octanol–water partition coefficient (Wildman–Crippen LogP) is 3.77. The molecule has 1 aliphatic heterocycles. The van der Waals surface area contributed by atoms with Crippen molar-refractivity contribution in [2.24, 2.45) is 0 Å². The highest BCUT2D eigenvalue weighted by atomic mass is 16.7. The van der Waals surface area contributed by atoms with Crippen molar-refractivity contribution in [1.82, 2.24) is 0 Å². The third-order valence-corrected chi connectivity index (χ3v) is 4.28. The Hall–Kier alpha value is -3.94. The van der Waals surface area contributed by atoms with E-state index in [0.29, 0.717) is 28.7 Å². The Balaban J connectivity index is 1.29. The molecule has 0 radical (unpaired) electrons. The lowest BCUT2D eigenvalue weighted by Gasteiger charge is -2.13. The molecule has 8 heteroatoms. The van der Waals surface area contributed by atoms with Crippen LogP contribution in [0.1, 0.15) is 23.2 Å². The number of anilines is 1. The second kappa shape index (κ2) is 8.60. The van der Waals surface area contributed by atoms with Gasteiger partial charge in [0.1, 0.15) is 18.1 Å². The number of esters is 1. The van der Waals surface area contributed by atoms with E-state index < -0.39 is 18.0 Å². The molecule has 0 aliphatic carbocycles. The Kier molecular flexibility index (Phi) is 5.56. The zero-order valence-corrected chi connectivity index (χ0v) is 16.1. The number of benzene rings is 2. The molecule has 1 N–H and O–H groups in total. The first-order valence-corrected chi connectivity index (χ1v) is 9.26. The predicted molar refractivity (Wildman–Crippen MR) is 106 cm³/mol. The normalized spacial score (nSPS) is 12.8. The van der Waals surface area contributed by atoms with Crippen LogP contribution in [0, 0.1) is 0 Å². The number of carbonyl (C=O) groups is 2. The lowest BCUT2D eigenvalue weighted by Crippen LogP contribution is -2.29. The summed E-state index contributed by atoms with van der Waals surface area (Å²) in [4.78, 5) is 24.6. The fourth-order valence-electron chi connectivity index (χ4n) is 2.73. The summed E-state index contributed by atoms with van der Waals surface area (Å²) in [5.74, 6) is 1.06. The van der Waals surface area contributed by atoms with E-state index in [2.05, 4.69) is 5.32 Å². The van der Waals surface area contributed by atoms with Crippen LogP contribution in [0.5, 0.6) is 17.2 Å². The molecule has 1 atom stereocenters. The van der Waals surface area contributed by atoms with Gasteiger partial charge in [-0.15, -0.1) is 0 Å². The van der Waals surface area contributed by atoms with Crippen LogP contribution < -0.4 is 19.5 Å². The number of furan rings is 1. The second-order valence-electron chi connectivity index (χ2n) is 6.47. The minimum absolute atomic E-state index is 0.00982. The Morgan fingerprint density at radius 3 is 2.67 bits per heavy atom. The largest absolute Gasteiger partial charge is 0.486 e. The number of fused-ring (bicyclic) bond motifs is 1. The molecule has 0 spiro atoms. The standard InChI is InChI=1S/C22H19NO7/c1-14(21(24)23-15-7-9-18-20(11-15)28-13-27-18)29-22(25)19-10-8-17(30-19)12-26-16-5-3-2-4-6-16/h2-11,14H,12-13H2,1H3,(H,23,24)/t14-/m1/s1. The molecule has 30 heavy (non-hydrogen) atoms. The van der Waals surface area contributed by atoms with Crippen molar-refractivity contribution in [2.75, 3.05) is 12.1 Å². The third-order valence-electron chi connectivity index (χ3n) is 4.28. The molecule has 154 valence electrons. The van der Waals surface area contributed by atoms with Gasteiger partial charge in [-0.05, 0) is 43.3 Å². The summed E-state index contributed by atoms with van der Waals surface area (Å²) < 4.78 is 26.7. The fraction of sp³-hybridized carbons (Fsp3) is 0.182. The van der Waals surface area contributed by atoms with Crippen LogP contribution in [0.25, 0.3) is 0 Å². The molecular weight excluding hydrogens is 390 g/mol. The molecule has 1 aliphatic rings.